The molecular formula is C27H46O6. The van der Waals surface area contributed by atoms with E-state index in [-0.39, 0.29) is 12.4 Å². The van der Waals surface area contributed by atoms with E-state index in [1.54, 1.807) is 0 Å². The van der Waals surface area contributed by atoms with Crippen LogP contribution in [0.1, 0.15) is 117 Å². The zero-order valence-corrected chi connectivity index (χ0v) is 21.0. The van der Waals surface area contributed by atoms with Crippen molar-refractivity contribution < 1.29 is 28.6 Å². The molecule has 0 aromatic carbocycles. The largest absolute Gasteiger partial charge is 0.465 e. The Labute approximate surface area is 200 Å². The van der Waals surface area contributed by atoms with Gasteiger partial charge in [-0.2, -0.15) is 0 Å². The SMILES string of the molecule is C=CC(=O)OC1(C(=O)OCCCCCCC)CCCC(C(=O)OCCCCCCCCC)C1. The van der Waals surface area contributed by atoms with Crippen molar-refractivity contribution in [1.82, 2.24) is 0 Å². The van der Waals surface area contributed by atoms with Crippen LogP contribution in [0.4, 0.5) is 0 Å². The summed E-state index contributed by atoms with van der Waals surface area (Å²) in [6, 6.07) is 0. The summed E-state index contributed by atoms with van der Waals surface area (Å²) < 4.78 is 16.5. The van der Waals surface area contributed by atoms with Gasteiger partial charge in [0.2, 0.25) is 5.60 Å². The van der Waals surface area contributed by atoms with Crippen molar-refractivity contribution in [2.24, 2.45) is 5.92 Å². The van der Waals surface area contributed by atoms with Gasteiger partial charge < -0.3 is 14.2 Å². The maximum atomic E-state index is 12.9. The lowest BCUT2D eigenvalue weighted by atomic mass is 9.77. The normalized spacial score (nSPS) is 20.1. The van der Waals surface area contributed by atoms with Crippen LogP contribution < -0.4 is 0 Å². The predicted molar refractivity (Wildman–Crippen MR) is 130 cm³/mol. The Kier molecular flexibility index (Phi) is 15.6. The summed E-state index contributed by atoms with van der Waals surface area (Å²) >= 11 is 0. The molecular weight excluding hydrogens is 420 g/mol. The maximum absolute atomic E-state index is 12.9. The molecule has 0 spiro atoms. The minimum atomic E-state index is -1.43. The van der Waals surface area contributed by atoms with Crippen LogP contribution in [0, 0.1) is 5.92 Å². The number of esters is 3. The van der Waals surface area contributed by atoms with Gasteiger partial charge in [-0.05, 0) is 32.1 Å². The van der Waals surface area contributed by atoms with Crippen LogP contribution in [-0.4, -0.2) is 36.7 Å². The highest BCUT2D eigenvalue weighted by Crippen LogP contribution is 2.37. The third kappa shape index (κ3) is 11.7. The highest BCUT2D eigenvalue weighted by Gasteiger charge is 2.49. The average Bonchev–Trinajstić information content (AvgIpc) is 2.82. The third-order valence-corrected chi connectivity index (χ3v) is 6.35. The minimum Gasteiger partial charge on any atom is -0.465 e. The number of hydrogen-bond acceptors (Lipinski definition) is 6. The standard InChI is InChI=1S/C27H46O6/c1-4-7-9-11-12-14-15-20-31-25(29)23-18-17-19-27(22-23,33-24(28)6-3)26(30)32-21-16-13-10-8-5-2/h6,23H,3-5,7-22H2,1-2H3. The maximum Gasteiger partial charge on any atom is 0.350 e. The summed E-state index contributed by atoms with van der Waals surface area (Å²) in [5, 5.41) is 0. The molecule has 0 radical (unpaired) electrons. The molecule has 0 aromatic rings. The van der Waals surface area contributed by atoms with E-state index in [0.717, 1.165) is 57.4 Å². The number of ether oxygens (including phenoxy) is 3. The van der Waals surface area contributed by atoms with Gasteiger partial charge in [0.1, 0.15) is 0 Å². The zero-order chi connectivity index (χ0) is 24.4. The predicted octanol–water partition coefficient (Wildman–Crippen LogP) is 6.45. The molecule has 0 bridgehead atoms. The first-order valence-corrected chi connectivity index (χ1v) is 13.2. The van der Waals surface area contributed by atoms with Gasteiger partial charge >= 0.3 is 17.9 Å². The molecule has 33 heavy (non-hydrogen) atoms. The van der Waals surface area contributed by atoms with Gasteiger partial charge in [0.25, 0.3) is 0 Å². The molecule has 190 valence electrons. The van der Waals surface area contributed by atoms with Gasteiger partial charge in [0.15, 0.2) is 0 Å². The fraction of sp³-hybridized carbons (Fsp3) is 0.815. The lowest BCUT2D eigenvalue weighted by molar-refractivity contribution is -0.188. The topological polar surface area (TPSA) is 78.9 Å². The number of rotatable bonds is 18. The molecule has 0 N–H and O–H groups in total. The Bertz CT molecular complexity index is 587. The van der Waals surface area contributed by atoms with Gasteiger partial charge in [-0.25, -0.2) is 9.59 Å². The van der Waals surface area contributed by atoms with E-state index >= 15 is 0 Å². The van der Waals surface area contributed by atoms with Crippen LogP contribution in [0.2, 0.25) is 0 Å². The van der Waals surface area contributed by atoms with E-state index in [0.29, 0.717) is 32.5 Å². The summed E-state index contributed by atoms with van der Waals surface area (Å²) in [5.74, 6) is -2.02. The van der Waals surface area contributed by atoms with E-state index in [2.05, 4.69) is 20.4 Å². The second-order valence-electron chi connectivity index (χ2n) is 9.25. The van der Waals surface area contributed by atoms with E-state index in [4.69, 9.17) is 14.2 Å². The minimum absolute atomic E-state index is 0.108. The third-order valence-electron chi connectivity index (χ3n) is 6.35. The second-order valence-corrected chi connectivity index (χ2v) is 9.25. The molecule has 0 aromatic heterocycles. The van der Waals surface area contributed by atoms with Gasteiger partial charge in [-0.3, -0.25) is 4.79 Å². The number of carbonyl (C=O) groups excluding carboxylic acids is 3. The first-order chi connectivity index (χ1) is 16.0. The molecule has 6 nitrogen and oxygen atoms in total. The molecule has 0 heterocycles. The average molecular weight is 467 g/mol. The highest BCUT2D eigenvalue weighted by molar-refractivity contribution is 5.88. The summed E-state index contributed by atoms with van der Waals surface area (Å²) in [5.41, 5.74) is -1.43. The second kappa shape index (κ2) is 17.6. The lowest BCUT2D eigenvalue weighted by Crippen LogP contribution is -2.49. The summed E-state index contributed by atoms with van der Waals surface area (Å²) in [4.78, 5) is 37.6. The van der Waals surface area contributed by atoms with Crippen molar-refractivity contribution in [1.29, 1.82) is 0 Å². The van der Waals surface area contributed by atoms with Gasteiger partial charge in [0.05, 0.1) is 19.1 Å². The summed E-state index contributed by atoms with van der Waals surface area (Å²) in [6.07, 6.45) is 16.0. The molecule has 2 unspecified atom stereocenters. The molecule has 1 saturated carbocycles. The fourth-order valence-corrected chi connectivity index (χ4v) is 4.34. The van der Waals surface area contributed by atoms with Crippen molar-refractivity contribution in [2.75, 3.05) is 13.2 Å². The molecule has 0 saturated heterocycles. The van der Waals surface area contributed by atoms with E-state index in [9.17, 15) is 14.4 Å². The molecule has 2 atom stereocenters. The van der Waals surface area contributed by atoms with E-state index < -0.39 is 23.5 Å². The summed E-state index contributed by atoms with van der Waals surface area (Å²) in [7, 11) is 0. The molecule has 1 fully saturated rings. The van der Waals surface area contributed by atoms with E-state index in [1.165, 1.54) is 25.7 Å². The Balaban J connectivity index is 2.54. The summed E-state index contributed by atoms with van der Waals surface area (Å²) in [6.45, 7) is 8.48. The number of unbranched alkanes of at least 4 members (excludes halogenated alkanes) is 10. The highest BCUT2D eigenvalue weighted by atomic mass is 16.6. The van der Waals surface area contributed by atoms with Crippen molar-refractivity contribution in [2.45, 2.75) is 122 Å². The van der Waals surface area contributed by atoms with Crippen LogP contribution >= 0.6 is 0 Å². The first-order valence-electron chi connectivity index (χ1n) is 13.2. The van der Waals surface area contributed by atoms with E-state index in [1.807, 2.05) is 0 Å². The van der Waals surface area contributed by atoms with Crippen LogP contribution in [0.25, 0.3) is 0 Å². The molecule has 1 rings (SSSR count). The van der Waals surface area contributed by atoms with Crippen LogP contribution in [-0.2, 0) is 28.6 Å². The fourth-order valence-electron chi connectivity index (χ4n) is 4.34. The Morgan fingerprint density at radius 3 is 1.97 bits per heavy atom. The van der Waals surface area contributed by atoms with Crippen molar-refractivity contribution in [3.8, 4) is 0 Å². The van der Waals surface area contributed by atoms with Crippen LogP contribution in [0.5, 0.6) is 0 Å². The zero-order valence-electron chi connectivity index (χ0n) is 21.0. The van der Waals surface area contributed by atoms with Gasteiger partial charge in [0, 0.05) is 12.5 Å². The monoisotopic (exact) mass is 466 g/mol. The first kappa shape index (κ1) is 29.2. The van der Waals surface area contributed by atoms with Crippen LogP contribution in [0.15, 0.2) is 12.7 Å². The van der Waals surface area contributed by atoms with Gasteiger partial charge in [-0.1, -0.05) is 84.6 Å². The number of hydrogen-bond donors (Lipinski definition) is 0. The Morgan fingerprint density at radius 2 is 1.39 bits per heavy atom. The molecule has 1 aliphatic carbocycles. The smallest absolute Gasteiger partial charge is 0.350 e. The molecule has 6 heteroatoms. The number of carbonyl (C=O) groups is 3. The van der Waals surface area contributed by atoms with Crippen molar-refractivity contribution in [3.63, 3.8) is 0 Å². The Morgan fingerprint density at radius 1 is 0.848 bits per heavy atom. The van der Waals surface area contributed by atoms with Crippen molar-refractivity contribution in [3.05, 3.63) is 12.7 Å². The Hall–Kier alpha value is -1.85. The lowest BCUT2D eigenvalue weighted by Gasteiger charge is -2.37. The molecule has 0 aliphatic heterocycles. The quantitative estimate of drug-likeness (QED) is 0.0999. The van der Waals surface area contributed by atoms with Crippen molar-refractivity contribution >= 4 is 17.9 Å². The molecule has 0 amide bonds. The van der Waals surface area contributed by atoms with Crippen LogP contribution in [0.3, 0.4) is 0 Å². The molecule has 1 aliphatic rings. The van der Waals surface area contributed by atoms with Gasteiger partial charge in [-0.15, -0.1) is 0 Å².